The minimum Gasteiger partial charge on any atom is -0.455 e. The Morgan fingerprint density at radius 1 is 1.00 bits per heavy atom. The molecule has 0 aromatic heterocycles. The Hall–Kier alpha value is -3.28. The van der Waals surface area contributed by atoms with E-state index in [2.05, 4.69) is 5.10 Å². The van der Waals surface area contributed by atoms with Gasteiger partial charge < -0.3 is 4.74 Å². The zero-order valence-corrected chi connectivity index (χ0v) is 15.8. The van der Waals surface area contributed by atoms with Crippen LogP contribution in [0.4, 0.5) is 0 Å². The molecule has 0 unspecified atom stereocenters. The summed E-state index contributed by atoms with van der Waals surface area (Å²) in [5, 5.41) is 5.64. The van der Waals surface area contributed by atoms with E-state index in [1.807, 2.05) is 49.4 Å². The molecule has 1 aliphatic heterocycles. The highest BCUT2D eigenvalue weighted by Gasteiger charge is 2.22. The lowest BCUT2D eigenvalue weighted by molar-refractivity contribution is -0.151. The molecule has 0 fully saturated rings. The quantitative estimate of drug-likeness (QED) is 0.548. The van der Waals surface area contributed by atoms with E-state index >= 15 is 0 Å². The first-order chi connectivity index (χ1) is 13.5. The van der Waals surface area contributed by atoms with E-state index in [1.54, 1.807) is 12.1 Å². The Labute approximate surface area is 163 Å². The third kappa shape index (κ3) is 5.13. The molecule has 6 nitrogen and oxygen atoms in total. The molecule has 28 heavy (non-hydrogen) atoms. The number of nitrogens with zero attached hydrogens (tertiary/aromatic N) is 2. The fourth-order valence-electron chi connectivity index (χ4n) is 2.86. The Morgan fingerprint density at radius 2 is 1.71 bits per heavy atom. The minimum atomic E-state index is -0.569. The zero-order valence-electron chi connectivity index (χ0n) is 15.8. The van der Waals surface area contributed by atoms with Crippen LogP contribution in [0.3, 0.4) is 0 Å². The second-order valence-corrected chi connectivity index (χ2v) is 6.63. The molecule has 3 rings (SSSR count). The molecule has 6 heteroatoms. The summed E-state index contributed by atoms with van der Waals surface area (Å²) in [6.45, 7) is 2.03. The number of hydrogen-bond acceptors (Lipinski definition) is 5. The normalized spacial score (nSPS) is 13.2. The van der Waals surface area contributed by atoms with Crippen molar-refractivity contribution in [3.05, 3.63) is 71.3 Å². The summed E-state index contributed by atoms with van der Waals surface area (Å²) in [7, 11) is 0. The molecule has 0 bridgehead atoms. The Bertz CT molecular complexity index is 889. The van der Waals surface area contributed by atoms with Gasteiger partial charge in [-0.15, -0.1) is 0 Å². The molecule has 0 saturated carbocycles. The van der Waals surface area contributed by atoms with Crippen LogP contribution in [0.1, 0.15) is 40.7 Å². The fourth-order valence-corrected chi connectivity index (χ4v) is 2.86. The van der Waals surface area contributed by atoms with Crippen molar-refractivity contribution in [1.82, 2.24) is 5.01 Å². The molecule has 0 aliphatic carbocycles. The van der Waals surface area contributed by atoms with Crippen molar-refractivity contribution < 1.29 is 19.1 Å². The van der Waals surface area contributed by atoms with Gasteiger partial charge in [0.2, 0.25) is 0 Å². The van der Waals surface area contributed by atoms with E-state index in [0.29, 0.717) is 18.5 Å². The van der Waals surface area contributed by atoms with Gasteiger partial charge in [-0.25, -0.2) is 5.01 Å². The molecule has 0 N–H and O–H groups in total. The lowest BCUT2D eigenvalue weighted by Crippen LogP contribution is -2.28. The number of carbonyl (C=O) groups is 3. The van der Waals surface area contributed by atoms with Gasteiger partial charge in [-0.2, -0.15) is 5.10 Å². The van der Waals surface area contributed by atoms with Gasteiger partial charge in [-0.3, -0.25) is 14.4 Å². The SMILES string of the molecule is Cc1ccc(C(=O)CCC(=O)OCC(=O)N2CCC(c3ccccc3)=N2)cc1. The first-order valence-electron chi connectivity index (χ1n) is 9.21. The van der Waals surface area contributed by atoms with Crippen molar-refractivity contribution in [3.8, 4) is 0 Å². The molecular weight excluding hydrogens is 356 g/mol. The molecule has 0 spiro atoms. The smallest absolute Gasteiger partial charge is 0.306 e. The van der Waals surface area contributed by atoms with Gasteiger partial charge in [0.1, 0.15) is 0 Å². The highest BCUT2D eigenvalue weighted by molar-refractivity contribution is 6.02. The molecule has 1 heterocycles. The number of hydrogen-bond donors (Lipinski definition) is 0. The van der Waals surface area contributed by atoms with E-state index in [4.69, 9.17) is 4.74 Å². The lowest BCUT2D eigenvalue weighted by atomic mass is 10.1. The van der Waals surface area contributed by atoms with Crippen LogP contribution < -0.4 is 0 Å². The van der Waals surface area contributed by atoms with Crippen LogP contribution in [0.5, 0.6) is 0 Å². The number of carbonyl (C=O) groups excluding carboxylic acids is 3. The van der Waals surface area contributed by atoms with Gasteiger partial charge in [-0.05, 0) is 12.5 Å². The second kappa shape index (κ2) is 9.08. The highest BCUT2D eigenvalue weighted by atomic mass is 16.5. The van der Waals surface area contributed by atoms with Gasteiger partial charge in [-0.1, -0.05) is 60.2 Å². The molecule has 0 radical (unpaired) electrons. The summed E-state index contributed by atoms with van der Waals surface area (Å²) in [5.41, 5.74) is 3.44. The summed E-state index contributed by atoms with van der Waals surface area (Å²) in [6, 6.07) is 16.8. The molecule has 0 atom stereocenters. The van der Waals surface area contributed by atoms with Crippen molar-refractivity contribution in [2.75, 3.05) is 13.2 Å². The Kier molecular flexibility index (Phi) is 6.32. The molecule has 1 amide bonds. The van der Waals surface area contributed by atoms with Crippen LogP contribution in [-0.2, 0) is 14.3 Å². The number of esters is 1. The van der Waals surface area contributed by atoms with E-state index < -0.39 is 5.97 Å². The van der Waals surface area contributed by atoms with E-state index in [9.17, 15) is 14.4 Å². The summed E-state index contributed by atoms with van der Waals surface area (Å²) in [5.74, 6) is -1.07. The summed E-state index contributed by atoms with van der Waals surface area (Å²) < 4.78 is 5.01. The van der Waals surface area contributed by atoms with Crippen LogP contribution in [-0.4, -0.2) is 41.5 Å². The molecule has 2 aromatic rings. The maximum Gasteiger partial charge on any atom is 0.306 e. The van der Waals surface area contributed by atoms with E-state index in [0.717, 1.165) is 16.8 Å². The number of Topliss-reactive ketones (excluding diaryl/α,β-unsaturated/α-hetero) is 1. The molecule has 2 aromatic carbocycles. The Balaban J connectivity index is 1.43. The van der Waals surface area contributed by atoms with Crippen LogP contribution in [0.15, 0.2) is 59.7 Å². The third-order valence-electron chi connectivity index (χ3n) is 4.48. The number of ether oxygens (including phenoxy) is 1. The average molecular weight is 378 g/mol. The van der Waals surface area contributed by atoms with Gasteiger partial charge in [0.25, 0.3) is 5.91 Å². The zero-order chi connectivity index (χ0) is 19.9. The first kappa shape index (κ1) is 19.5. The average Bonchev–Trinajstić information content (AvgIpc) is 3.22. The summed E-state index contributed by atoms with van der Waals surface area (Å²) in [6.07, 6.45) is 0.656. The van der Waals surface area contributed by atoms with Gasteiger partial charge in [0, 0.05) is 18.4 Å². The highest BCUT2D eigenvalue weighted by Crippen LogP contribution is 2.14. The van der Waals surface area contributed by atoms with Crippen molar-refractivity contribution in [2.45, 2.75) is 26.2 Å². The second-order valence-electron chi connectivity index (χ2n) is 6.63. The predicted molar refractivity (Wildman–Crippen MR) is 105 cm³/mol. The molecule has 1 aliphatic rings. The fraction of sp³-hybridized carbons (Fsp3) is 0.273. The van der Waals surface area contributed by atoms with Crippen molar-refractivity contribution in [3.63, 3.8) is 0 Å². The molecule has 144 valence electrons. The van der Waals surface area contributed by atoms with Gasteiger partial charge in [0.15, 0.2) is 12.4 Å². The number of benzene rings is 2. The topological polar surface area (TPSA) is 76.0 Å². The van der Waals surface area contributed by atoms with Gasteiger partial charge in [0.05, 0.1) is 18.7 Å². The van der Waals surface area contributed by atoms with Crippen LogP contribution in [0.25, 0.3) is 0 Å². The van der Waals surface area contributed by atoms with Crippen molar-refractivity contribution in [1.29, 1.82) is 0 Å². The molecular formula is C22H22N2O4. The van der Waals surface area contributed by atoms with E-state index in [1.165, 1.54) is 5.01 Å². The van der Waals surface area contributed by atoms with E-state index in [-0.39, 0.29) is 31.1 Å². The Morgan fingerprint density at radius 3 is 2.43 bits per heavy atom. The standard InChI is InChI=1S/C22H22N2O4/c1-16-7-9-18(10-8-16)20(25)11-12-22(27)28-15-21(26)24-14-13-19(23-24)17-5-3-2-4-6-17/h2-10H,11-15H2,1H3. The number of ketones is 1. The van der Waals surface area contributed by atoms with Crippen LogP contribution in [0, 0.1) is 6.92 Å². The van der Waals surface area contributed by atoms with Crippen molar-refractivity contribution >= 4 is 23.4 Å². The summed E-state index contributed by atoms with van der Waals surface area (Å²) in [4.78, 5) is 36.1. The lowest BCUT2D eigenvalue weighted by Gasteiger charge is -2.11. The predicted octanol–water partition coefficient (Wildman–Crippen LogP) is 3.14. The van der Waals surface area contributed by atoms with Crippen LogP contribution in [0.2, 0.25) is 0 Å². The van der Waals surface area contributed by atoms with Crippen molar-refractivity contribution in [2.24, 2.45) is 5.10 Å². The van der Waals surface area contributed by atoms with Gasteiger partial charge >= 0.3 is 5.97 Å². The minimum absolute atomic E-state index is 0.0517. The molecule has 0 saturated heterocycles. The largest absolute Gasteiger partial charge is 0.455 e. The number of amides is 1. The van der Waals surface area contributed by atoms with Crippen LogP contribution >= 0.6 is 0 Å². The number of aryl methyl sites for hydroxylation is 1. The maximum atomic E-state index is 12.2. The summed E-state index contributed by atoms with van der Waals surface area (Å²) >= 11 is 0. The monoisotopic (exact) mass is 378 g/mol. The maximum absolute atomic E-state index is 12.2. The third-order valence-corrected chi connectivity index (χ3v) is 4.48. The number of rotatable bonds is 7. The number of hydrazone groups is 1. The first-order valence-corrected chi connectivity index (χ1v) is 9.21.